The molecule has 126 valence electrons. The molecule has 2 aliphatic heterocycles. The zero-order valence-electron chi connectivity index (χ0n) is 13.9. The Morgan fingerprint density at radius 1 is 1.26 bits per heavy atom. The fraction of sp³-hybridized carbons (Fsp3) is 0.765. The monoisotopic (exact) mass is 318 g/mol. The van der Waals surface area contributed by atoms with E-state index in [1.807, 2.05) is 22.7 Å². The molecule has 1 amide bonds. The first-order valence-electron chi connectivity index (χ1n) is 8.83. The van der Waals surface area contributed by atoms with Gasteiger partial charge in [0.1, 0.15) is 12.4 Å². The summed E-state index contributed by atoms with van der Waals surface area (Å²) >= 11 is 0. The minimum Gasteiger partial charge on any atom is -0.365 e. The summed E-state index contributed by atoms with van der Waals surface area (Å²) in [5.74, 6) is 1.04. The number of hydrogen-bond donors (Lipinski definition) is 0. The molecule has 2 atom stereocenters. The average Bonchev–Trinajstić information content (AvgIpc) is 3.17. The highest BCUT2D eigenvalue weighted by atomic mass is 16.5. The largest absolute Gasteiger partial charge is 0.365 e. The molecule has 0 bridgehead atoms. The molecule has 1 aliphatic carbocycles. The van der Waals surface area contributed by atoms with Crippen LogP contribution < -0.4 is 0 Å². The van der Waals surface area contributed by atoms with Crippen LogP contribution >= 0.6 is 0 Å². The van der Waals surface area contributed by atoms with E-state index in [0.29, 0.717) is 12.6 Å². The van der Waals surface area contributed by atoms with Gasteiger partial charge in [-0.15, -0.1) is 0 Å². The predicted octanol–water partition coefficient (Wildman–Crippen LogP) is 1.16. The van der Waals surface area contributed by atoms with Crippen molar-refractivity contribution in [2.45, 2.75) is 56.8 Å². The summed E-state index contributed by atoms with van der Waals surface area (Å²) in [6, 6.07) is 0.859. The molecule has 0 aromatic carbocycles. The van der Waals surface area contributed by atoms with Crippen molar-refractivity contribution in [2.75, 3.05) is 19.7 Å². The van der Waals surface area contributed by atoms with Crippen molar-refractivity contribution < 1.29 is 9.53 Å². The maximum atomic E-state index is 12.4. The minimum absolute atomic E-state index is 0.0970. The van der Waals surface area contributed by atoms with Crippen molar-refractivity contribution in [3.05, 3.63) is 18.2 Å². The molecule has 4 rings (SSSR count). The minimum atomic E-state index is 0.0970. The quantitative estimate of drug-likeness (QED) is 0.839. The molecular weight excluding hydrogens is 292 g/mol. The summed E-state index contributed by atoms with van der Waals surface area (Å²) in [6.45, 7) is 2.72. The van der Waals surface area contributed by atoms with Crippen molar-refractivity contribution >= 4 is 5.91 Å². The zero-order chi connectivity index (χ0) is 15.8. The first kappa shape index (κ1) is 15.1. The van der Waals surface area contributed by atoms with Crippen LogP contribution in [0.4, 0.5) is 0 Å². The summed E-state index contributed by atoms with van der Waals surface area (Å²) in [6.07, 6.45) is 10.5. The van der Waals surface area contributed by atoms with Crippen LogP contribution in [0.3, 0.4) is 0 Å². The predicted molar refractivity (Wildman–Crippen MR) is 85.7 cm³/mol. The highest BCUT2D eigenvalue weighted by molar-refractivity contribution is 5.78. The van der Waals surface area contributed by atoms with Crippen molar-refractivity contribution in [1.82, 2.24) is 19.4 Å². The van der Waals surface area contributed by atoms with Crippen molar-refractivity contribution in [1.29, 1.82) is 0 Å². The number of likely N-dealkylation sites (tertiary alicyclic amines) is 1. The normalized spacial score (nSPS) is 30.0. The third kappa shape index (κ3) is 2.90. The number of carbonyl (C=O) groups excluding carboxylic acids is 1. The summed E-state index contributed by atoms with van der Waals surface area (Å²) in [5.41, 5.74) is 0. The van der Waals surface area contributed by atoms with Crippen LogP contribution in [0.15, 0.2) is 12.4 Å². The standard InChI is InChI=1S/C17H26N4O2/c1-19-8-7-18-16(19)11-21-14-9-20(13-5-3-2-4-6-13)10-15(14)23-12-17(21)22/h7-8,13-15H,2-6,9-12H2,1H3/t14-,15+/m1/s1. The Bertz CT molecular complexity index is 567. The molecule has 3 fully saturated rings. The first-order valence-corrected chi connectivity index (χ1v) is 8.83. The SMILES string of the molecule is Cn1ccnc1CN1C(=O)CO[C@H]2CN(C3CCCCC3)C[C@H]21. The Hall–Kier alpha value is -1.40. The van der Waals surface area contributed by atoms with E-state index in [0.717, 1.165) is 18.9 Å². The molecule has 6 heteroatoms. The van der Waals surface area contributed by atoms with E-state index in [4.69, 9.17) is 4.74 Å². The van der Waals surface area contributed by atoms with Crippen LogP contribution in [0.25, 0.3) is 0 Å². The number of fused-ring (bicyclic) bond motifs is 1. The van der Waals surface area contributed by atoms with Gasteiger partial charge in [0.2, 0.25) is 5.91 Å². The summed E-state index contributed by atoms with van der Waals surface area (Å²) in [7, 11) is 1.98. The van der Waals surface area contributed by atoms with Crippen molar-refractivity contribution in [2.24, 2.45) is 7.05 Å². The zero-order valence-corrected chi connectivity index (χ0v) is 13.9. The third-order valence-corrected chi connectivity index (χ3v) is 5.73. The molecule has 1 saturated carbocycles. The van der Waals surface area contributed by atoms with Gasteiger partial charge in [-0.25, -0.2) is 4.98 Å². The first-order chi connectivity index (χ1) is 11.2. The highest BCUT2D eigenvalue weighted by Crippen LogP contribution is 2.30. The number of morpholine rings is 1. The van der Waals surface area contributed by atoms with E-state index in [2.05, 4.69) is 9.88 Å². The van der Waals surface area contributed by atoms with Gasteiger partial charge in [-0.1, -0.05) is 19.3 Å². The van der Waals surface area contributed by atoms with Gasteiger partial charge in [0.25, 0.3) is 0 Å². The maximum absolute atomic E-state index is 12.4. The van der Waals surface area contributed by atoms with Crippen LogP contribution in [0.2, 0.25) is 0 Å². The lowest BCUT2D eigenvalue weighted by atomic mass is 9.94. The Morgan fingerprint density at radius 3 is 2.83 bits per heavy atom. The smallest absolute Gasteiger partial charge is 0.249 e. The van der Waals surface area contributed by atoms with Gasteiger partial charge in [-0.05, 0) is 12.8 Å². The lowest BCUT2D eigenvalue weighted by Gasteiger charge is -2.36. The number of rotatable bonds is 3. The fourth-order valence-electron chi connectivity index (χ4n) is 4.35. The lowest BCUT2D eigenvalue weighted by molar-refractivity contribution is -0.154. The molecule has 0 radical (unpaired) electrons. The molecule has 2 saturated heterocycles. The highest BCUT2D eigenvalue weighted by Gasteiger charge is 2.45. The van der Waals surface area contributed by atoms with Gasteiger partial charge in [-0.3, -0.25) is 9.69 Å². The second kappa shape index (κ2) is 6.24. The lowest BCUT2D eigenvalue weighted by Crippen LogP contribution is -2.53. The molecule has 6 nitrogen and oxygen atoms in total. The van der Waals surface area contributed by atoms with Crippen LogP contribution in [0, 0.1) is 0 Å². The second-order valence-electron chi connectivity index (χ2n) is 7.14. The van der Waals surface area contributed by atoms with Gasteiger partial charge < -0.3 is 14.2 Å². The Kier molecular flexibility index (Phi) is 4.11. The summed E-state index contributed by atoms with van der Waals surface area (Å²) in [4.78, 5) is 21.4. The molecule has 0 N–H and O–H groups in total. The Balaban J connectivity index is 1.48. The van der Waals surface area contributed by atoms with E-state index < -0.39 is 0 Å². The van der Waals surface area contributed by atoms with Gasteiger partial charge in [0.15, 0.2) is 0 Å². The van der Waals surface area contributed by atoms with Gasteiger partial charge in [0, 0.05) is 38.6 Å². The molecule has 0 unspecified atom stereocenters. The topological polar surface area (TPSA) is 50.6 Å². The number of carbonyl (C=O) groups is 1. The Labute approximate surface area is 137 Å². The average molecular weight is 318 g/mol. The van der Waals surface area contributed by atoms with Gasteiger partial charge in [-0.2, -0.15) is 0 Å². The number of amides is 1. The van der Waals surface area contributed by atoms with Crippen molar-refractivity contribution in [3.63, 3.8) is 0 Å². The summed E-state index contributed by atoms with van der Waals surface area (Å²) in [5, 5.41) is 0. The van der Waals surface area contributed by atoms with E-state index >= 15 is 0 Å². The fourth-order valence-corrected chi connectivity index (χ4v) is 4.35. The van der Waals surface area contributed by atoms with E-state index in [-0.39, 0.29) is 24.7 Å². The molecule has 3 aliphatic rings. The van der Waals surface area contributed by atoms with Gasteiger partial charge in [0.05, 0.1) is 18.7 Å². The van der Waals surface area contributed by atoms with Crippen LogP contribution in [0.5, 0.6) is 0 Å². The summed E-state index contributed by atoms with van der Waals surface area (Å²) < 4.78 is 7.85. The van der Waals surface area contributed by atoms with E-state index in [1.54, 1.807) is 6.20 Å². The number of aryl methyl sites for hydroxylation is 1. The number of nitrogens with zero attached hydrogens (tertiary/aromatic N) is 4. The van der Waals surface area contributed by atoms with Crippen LogP contribution in [-0.2, 0) is 23.1 Å². The number of aromatic nitrogens is 2. The van der Waals surface area contributed by atoms with Crippen molar-refractivity contribution in [3.8, 4) is 0 Å². The molecule has 1 aromatic heterocycles. The molecule has 1 aromatic rings. The van der Waals surface area contributed by atoms with Crippen LogP contribution in [-0.4, -0.2) is 63.1 Å². The molecule has 3 heterocycles. The Morgan fingerprint density at radius 2 is 2.09 bits per heavy atom. The molecular formula is C17H26N4O2. The maximum Gasteiger partial charge on any atom is 0.249 e. The third-order valence-electron chi connectivity index (χ3n) is 5.73. The number of hydrogen-bond acceptors (Lipinski definition) is 4. The van der Waals surface area contributed by atoms with Gasteiger partial charge >= 0.3 is 0 Å². The van der Waals surface area contributed by atoms with E-state index in [1.165, 1.54) is 32.1 Å². The molecule has 0 spiro atoms. The molecule has 23 heavy (non-hydrogen) atoms. The second-order valence-corrected chi connectivity index (χ2v) is 7.14. The van der Waals surface area contributed by atoms with Crippen LogP contribution in [0.1, 0.15) is 37.9 Å². The number of imidazole rings is 1. The van der Waals surface area contributed by atoms with E-state index in [9.17, 15) is 4.79 Å². The number of ether oxygens (including phenoxy) is 1.